The first-order valence-electron chi connectivity index (χ1n) is 9.93. The molecular formula is C22H30ClN3O2. The van der Waals surface area contributed by atoms with Crippen LogP contribution in [0.1, 0.15) is 36.5 Å². The average molecular weight is 404 g/mol. The van der Waals surface area contributed by atoms with Gasteiger partial charge in [0.2, 0.25) is 5.91 Å². The van der Waals surface area contributed by atoms with Crippen molar-refractivity contribution in [2.75, 3.05) is 32.7 Å². The normalized spacial score (nSPS) is 14.5. The molecule has 0 saturated carbocycles. The van der Waals surface area contributed by atoms with E-state index in [1.54, 1.807) is 0 Å². The van der Waals surface area contributed by atoms with Crippen molar-refractivity contribution in [1.82, 2.24) is 15.5 Å². The molecule has 2 aromatic carbocycles. The maximum atomic E-state index is 12.4. The van der Waals surface area contributed by atoms with Crippen LogP contribution >= 0.6 is 12.4 Å². The van der Waals surface area contributed by atoms with Crippen LogP contribution in [0.2, 0.25) is 0 Å². The zero-order valence-corrected chi connectivity index (χ0v) is 17.3. The molecule has 0 aromatic heterocycles. The van der Waals surface area contributed by atoms with Gasteiger partial charge in [-0.3, -0.25) is 9.59 Å². The maximum Gasteiger partial charge on any atom is 0.251 e. The van der Waals surface area contributed by atoms with Crippen molar-refractivity contribution < 1.29 is 9.59 Å². The van der Waals surface area contributed by atoms with Crippen LogP contribution in [0.3, 0.4) is 0 Å². The smallest absolute Gasteiger partial charge is 0.251 e. The molecule has 1 saturated heterocycles. The molecule has 1 fully saturated rings. The third-order valence-corrected chi connectivity index (χ3v) is 5.29. The van der Waals surface area contributed by atoms with E-state index in [1.807, 2.05) is 47.4 Å². The number of hydrogen-bond donors (Lipinski definition) is 2. The number of halogens is 1. The molecule has 1 heterocycles. The summed E-state index contributed by atoms with van der Waals surface area (Å²) in [6.07, 6.45) is 2.47. The summed E-state index contributed by atoms with van der Waals surface area (Å²) in [4.78, 5) is 26.7. The molecule has 2 amide bonds. The predicted molar refractivity (Wildman–Crippen MR) is 116 cm³/mol. The molecule has 0 unspecified atom stereocenters. The lowest BCUT2D eigenvalue weighted by Crippen LogP contribution is -2.41. The molecule has 152 valence electrons. The predicted octanol–water partition coefficient (Wildman–Crippen LogP) is 3.23. The first-order chi connectivity index (χ1) is 13.2. The van der Waals surface area contributed by atoms with Gasteiger partial charge in [-0.05, 0) is 54.8 Å². The van der Waals surface area contributed by atoms with Crippen molar-refractivity contribution >= 4 is 35.0 Å². The van der Waals surface area contributed by atoms with E-state index in [0.29, 0.717) is 24.4 Å². The van der Waals surface area contributed by atoms with E-state index in [1.165, 1.54) is 0 Å². The monoisotopic (exact) mass is 403 g/mol. The van der Waals surface area contributed by atoms with Crippen molar-refractivity contribution in [3.8, 4) is 0 Å². The SMILES string of the molecule is CCNCC1CCN(C(=O)CCNC(=O)c2ccc3ccccc3c2)CC1.Cl. The molecule has 0 spiro atoms. The molecule has 2 aromatic rings. The molecule has 1 aliphatic heterocycles. The molecular weight excluding hydrogens is 374 g/mol. The fourth-order valence-corrected chi connectivity index (χ4v) is 3.61. The number of amides is 2. The summed E-state index contributed by atoms with van der Waals surface area (Å²) < 4.78 is 0. The fraction of sp³-hybridized carbons (Fsp3) is 0.455. The highest BCUT2D eigenvalue weighted by atomic mass is 35.5. The van der Waals surface area contributed by atoms with E-state index in [0.717, 1.165) is 49.8 Å². The summed E-state index contributed by atoms with van der Waals surface area (Å²) in [6.45, 7) is 6.18. The number of carbonyl (C=O) groups excluding carboxylic acids is 2. The standard InChI is InChI=1S/C22H29N3O2.ClH/c1-2-23-16-17-10-13-25(14-11-17)21(26)9-12-24-22(27)20-8-7-18-5-3-4-6-19(18)15-20;/h3-8,15,17,23H,2,9-14,16H2,1H3,(H,24,27);1H. The van der Waals surface area contributed by atoms with Crippen LogP contribution < -0.4 is 10.6 Å². The van der Waals surface area contributed by atoms with Gasteiger partial charge in [-0.1, -0.05) is 37.3 Å². The molecule has 0 aliphatic carbocycles. The minimum absolute atomic E-state index is 0. The molecule has 3 rings (SSSR count). The van der Waals surface area contributed by atoms with Crippen LogP contribution in [0.15, 0.2) is 42.5 Å². The summed E-state index contributed by atoms with van der Waals surface area (Å²) in [5, 5.41) is 8.41. The van der Waals surface area contributed by atoms with E-state index in [-0.39, 0.29) is 24.2 Å². The Bertz CT molecular complexity index is 788. The summed E-state index contributed by atoms with van der Waals surface area (Å²) >= 11 is 0. The van der Waals surface area contributed by atoms with Gasteiger partial charge >= 0.3 is 0 Å². The number of benzene rings is 2. The summed E-state index contributed by atoms with van der Waals surface area (Å²) in [6, 6.07) is 13.6. The molecule has 0 atom stereocenters. The highest BCUT2D eigenvalue weighted by Crippen LogP contribution is 2.17. The van der Waals surface area contributed by atoms with Crippen LogP contribution in [-0.4, -0.2) is 49.4 Å². The molecule has 28 heavy (non-hydrogen) atoms. The van der Waals surface area contributed by atoms with Crippen molar-refractivity contribution in [3.05, 3.63) is 48.0 Å². The minimum atomic E-state index is -0.127. The molecule has 6 heteroatoms. The van der Waals surface area contributed by atoms with E-state index in [4.69, 9.17) is 0 Å². The number of likely N-dealkylation sites (tertiary alicyclic amines) is 1. The van der Waals surface area contributed by atoms with Gasteiger partial charge in [0.15, 0.2) is 0 Å². The third kappa shape index (κ3) is 5.94. The zero-order valence-electron chi connectivity index (χ0n) is 16.4. The Morgan fingerprint density at radius 3 is 2.50 bits per heavy atom. The average Bonchev–Trinajstić information content (AvgIpc) is 2.72. The summed E-state index contributed by atoms with van der Waals surface area (Å²) in [7, 11) is 0. The van der Waals surface area contributed by atoms with Gasteiger partial charge in [-0.2, -0.15) is 0 Å². The molecule has 5 nitrogen and oxygen atoms in total. The number of nitrogens with one attached hydrogen (secondary N) is 2. The quantitative estimate of drug-likeness (QED) is 0.746. The van der Waals surface area contributed by atoms with Gasteiger partial charge in [0.25, 0.3) is 5.91 Å². The van der Waals surface area contributed by atoms with Gasteiger partial charge < -0.3 is 15.5 Å². The van der Waals surface area contributed by atoms with Crippen molar-refractivity contribution in [2.24, 2.45) is 5.92 Å². The van der Waals surface area contributed by atoms with E-state index in [2.05, 4.69) is 17.6 Å². The van der Waals surface area contributed by atoms with E-state index in [9.17, 15) is 9.59 Å². The van der Waals surface area contributed by atoms with Crippen LogP contribution in [-0.2, 0) is 4.79 Å². The maximum absolute atomic E-state index is 12.4. The largest absolute Gasteiger partial charge is 0.352 e. The van der Waals surface area contributed by atoms with Crippen LogP contribution in [0.4, 0.5) is 0 Å². The van der Waals surface area contributed by atoms with Crippen LogP contribution in [0.5, 0.6) is 0 Å². The zero-order chi connectivity index (χ0) is 19.1. The Balaban J connectivity index is 0.00000280. The second-order valence-electron chi connectivity index (χ2n) is 7.20. The Hall–Kier alpha value is -2.11. The van der Waals surface area contributed by atoms with Crippen LogP contribution in [0.25, 0.3) is 10.8 Å². The minimum Gasteiger partial charge on any atom is -0.352 e. The lowest BCUT2D eigenvalue weighted by molar-refractivity contribution is -0.132. The molecule has 0 bridgehead atoms. The first kappa shape index (κ1) is 22.2. The Kier molecular flexibility index (Phi) is 8.74. The van der Waals surface area contributed by atoms with E-state index >= 15 is 0 Å². The Labute approximate surface area is 173 Å². The number of nitrogens with zero attached hydrogens (tertiary/aromatic N) is 1. The Morgan fingerprint density at radius 1 is 1.07 bits per heavy atom. The molecule has 2 N–H and O–H groups in total. The van der Waals surface area contributed by atoms with Gasteiger partial charge in [0, 0.05) is 31.6 Å². The van der Waals surface area contributed by atoms with Crippen molar-refractivity contribution in [1.29, 1.82) is 0 Å². The topological polar surface area (TPSA) is 61.4 Å². The lowest BCUT2D eigenvalue weighted by Gasteiger charge is -2.32. The second-order valence-corrected chi connectivity index (χ2v) is 7.20. The number of hydrogen-bond acceptors (Lipinski definition) is 3. The highest BCUT2D eigenvalue weighted by Gasteiger charge is 2.22. The highest BCUT2D eigenvalue weighted by molar-refractivity contribution is 5.98. The lowest BCUT2D eigenvalue weighted by atomic mass is 9.96. The van der Waals surface area contributed by atoms with Gasteiger partial charge in [0.05, 0.1) is 0 Å². The molecule has 0 radical (unpaired) electrons. The van der Waals surface area contributed by atoms with Crippen molar-refractivity contribution in [3.63, 3.8) is 0 Å². The molecule has 1 aliphatic rings. The van der Waals surface area contributed by atoms with E-state index < -0.39 is 0 Å². The van der Waals surface area contributed by atoms with Crippen LogP contribution in [0, 0.1) is 5.92 Å². The van der Waals surface area contributed by atoms with Crippen molar-refractivity contribution in [2.45, 2.75) is 26.2 Å². The number of carbonyl (C=O) groups is 2. The Morgan fingerprint density at radius 2 is 1.79 bits per heavy atom. The van der Waals surface area contributed by atoms with Gasteiger partial charge in [-0.15, -0.1) is 12.4 Å². The number of fused-ring (bicyclic) bond motifs is 1. The number of piperidine rings is 1. The first-order valence-corrected chi connectivity index (χ1v) is 9.93. The van der Waals surface area contributed by atoms with Gasteiger partial charge in [0.1, 0.15) is 0 Å². The van der Waals surface area contributed by atoms with Gasteiger partial charge in [-0.25, -0.2) is 0 Å². The number of rotatable bonds is 7. The fourth-order valence-electron chi connectivity index (χ4n) is 3.61. The summed E-state index contributed by atoms with van der Waals surface area (Å²) in [5.74, 6) is 0.676. The summed E-state index contributed by atoms with van der Waals surface area (Å²) in [5.41, 5.74) is 0.630. The second kappa shape index (κ2) is 11.0. The third-order valence-electron chi connectivity index (χ3n) is 5.29.